The lowest BCUT2D eigenvalue weighted by molar-refractivity contribution is 0.488. The maximum Gasteiger partial charge on any atom is 0.186 e. The molecule has 1 N–H and O–H groups in total. The summed E-state index contributed by atoms with van der Waals surface area (Å²) < 4.78 is 19.1. The van der Waals surface area contributed by atoms with Crippen molar-refractivity contribution in [1.29, 1.82) is 0 Å². The van der Waals surface area contributed by atoms with Gasteiger partial charge in [-0.15, -0.1) is 0 Å². The number of aryl methyl sites for hydroxylation is 1. The monoisotopic (exact) mass is 235 g/mol. The maximum atomic E-state index is 13.9. The van der Waals surface area contributed by atoms with Crippen molar-refractivity contribution in [3.63, 3.8) is 0 Å². The Morgan fingerprint density at radius 2 is 2.29 bits per heavy atom. The summed E-state index contributed by atoms with van der Waals surface area (Å²) in [5.41, 5.74) is 0.411. The van der Waals surface area contributed by atoms with Crippen molar-refractivity contribution in [2.24, 2.45) is 0 Å². The Balaban J connectivity index is 2.19. The van der Waals surface area contributed by atoms with Crippen molar-refractivity contribution in [2.75, 3.05) is 5.32 Å². The molecule has 5 heteroatoms. The van der Waals surface area contributed by atoms with Crippen molar-refractivity contribution in [3.8, 4) is 0 Å². The molecule has 2 rings (SSSR count). The summed E-state index contributed by atoms with van der Waals surface area (Å²) >= 11 is 0. The normalized spacial score (nSPS) is 12.4. The van der Waals surface area contributed by atoms with E-state index in [9.17, 15) is 4.39 Å². The van der Waals surface area contributed by atoms with Gasteiger partial charge in [-0.05, 0) is 25.5 Å². The SMILES string of the molecule is CCc1ncnc(NC(C)c2ccco2)c1F. The van der Waals surface area contributed by atoms with Gasteiger partial charge in [-0.3, -0.25) is 0 Å². The van der Waals surface area contributed by atoms with Gasteiger partial charge in [0, 0.05) is 0 Å². The van der Waals surface area contributed by atoms with E-state index >= 15 is 0 Å². The molecule has 0 aromatic carbocycles. The van der Waals surface area contributed by atoms with E-state index in [-0.39, 0.29) is 11.9 Å². The van der Waals surface area contributed by atoms with Gasteiger partial charge in [-0.25, -0.2) is 14.4 Å². The van der Waals surface area contributed by atoms with Crippen LogP contribution in [0.25, 0.3) is 0 Å². The Labute approximate surface area is 98.9 Å². The fraction of sp³-hybridized carbons (Fsp3) is 0.333. The number of hydrogen-bond acceptors (Lipinski definition) is 4. The summed E-state index contributed by atoms with van der Waals surface area (Å²) in [7, 11) is 0. The number of anilines is 1. The van der Waals surface area contributed by atoms with E-state index in [0.717, 1.165) is 5.76 Å². The van der Waals surface area contributed by atoms with Gasteiger partial charge in [-0.1, -0.05) is 6.92 Å². The topological polar surface area (TPSA) is 51.0 Å². The first-order valence-electron chi connectivity index (χ1n) is 5.51. The van der Waals surface area contributed by atoms with E-state index in [0.29, 0.717) is 12.1 Å². The smallest absolute Gasteiger partial charge is 0.186 e. The van der Waals surface area contributed by atoms with Crippen LogP contribution >= 0.6 is 0 Å². The minimum Gasteiger partial charge on any atom is -0.467 e. The lowest BCUT2D eigenvalue weighted by Crippen LogP contribution is -2.10. The fourth-order valence-corrected chi connectivity index (χ4v) is 1.57. The Kier molecular flexibility index (Phi) is 3.37. The first-order chi connectivity index (χ1) is 8.22. The third kappa shape index (κ3) is 2.43. The van der Waals surface area contributed by atoms with Crippen LogP contribution in [0.5, 0.6) is 0 Å². The summed E-state index contributed by atoms with van der Waals surface area (Å²) in [5, 5.41) is 2.97. The van der Waals surface area contributed by atoms with Gasteiger partial charge >= 0.3 is 0 Å². The number of hydrogen-bond donors (Lipinski definition) is 1. The third-order valence-corrected chi connectivity index (χ3v) is 2.52. The van der Waals surface area contributed by atoms with Gasteiger partial charge in [0.1, 0.15) is 12.1 Å². The maximum absolute atomic E-state index is 13.9. The summed E-state index contributed by atoms with van der Waals surface area (Å²) in [5.74, 6) is 0.551. The van der Waals surface area contributed by atoms with Crippen LogP contribution in [0.2, 0.25) is 0 Å². The van der Waals surface area contributed by atoms with Crippen LogP contribution in [0.1, 0.15) is 31.3 Å². The van der Waals surface area contributed by atoms with Crippen LogP contribution in [0.4, 0.5) is 10.2 Å². The molecule has 2 heterocycles. The molecule has 1 unspecified atom stereocenters. The average molecular weight is 235 g/mol. The lowest BCUT2D eigenvalue weighted by atomic mass is 10.2. The van der Waals surface area contributed by atoms with Crippen molar-refractivity contribution >= 4 is 5.82 Å². The van der Waals surface area contributed by atoms with Gasteiger partial charge in [0.15, 0.2) is 11.6 Å². The molecule has 1 atom stereocenters. The second-order valence-corrected chi connectivity index (χ2v) is 3.72. The molecule has 0 saturated heterocycles. The average Bonchev–Trinajstić information content (AvgIpc) is 2.85. The minimum absolute atomic E-state index is 0.140. The van der Waals surface area contributed by atoms with E-state index in [1.165, 1.54) is 6.33 Å². The molecular weight excluding hydrogens is 221 g/mol. The molecule has 4 nitrogen and oxygen atoms in total. The highest BCUT2D eigenvalue weighted by atomic mass is 19.1. The predicted octanol–water partition coefficient (Wildman–Crippen LogP) is 2.94. The summed E-state index contributed by atoms with van der Waals surface area (Å²) in [4.78, 5) is 7.78. The molecule has 0 spiro atoms. The Bertz CT molecular complexity index is 485. The molecule has 0 saturated carbocycles. The van der Waals surface area contributed by atoms with Crippen LogP contribution in [-0.2, 0) is 6.42 Å². The molecular formula is C12H14FN3O. The van der Waals surface area contributed by atoms with Gasteiger partial charge in [0.2, 0.25) is 0 Å². The zero-order chi connectivity index (χ0) is 12.3. The van der Waals surface area contributed by atoms with Gasteiger partial charge < -0.3 is 9.73 Å². The van der Waals surface area contributed by atoms with E-state index in [2.05, 4.69) is 15.3 Å². The van der Waals surface area contributed by atoms with Gasteiger partial charge in [0.25, 0.3) is 0 Å². The molecule has 17 heavy (non-hydrogen) atoms. The largest absolute Gasteiger partial charge is 0.467 e. The number of rotatable bonds is 4. The lowest BCUT2D eigenvalue weighted by Gasteiger charge is -2.13. The van der Waals surface area contributed by atoms with Crippen LogP contribution in [0.3, 0.4) is 0 Å². The van der Waals surface area contributed by atoms with Crippen LogP contribution in [0, 0.1) is 5.82 Å². The van der Waals surface area contributed by atoms with E-state index in [1.54, 1.807) is 12.3 Å². The molecule has 2 aromatic rings. The molecule has 90 valence electrons. The molecule has 0 fully saturated rings. The minimum atomic E-state index is -0.395. The molecule has 0 radical (unpaired) electrons. The summed E-state index contributed by atoms with van der Waals surface area (Å²) in [6.45, 7) is 3.73. The molecule has 0 aliphatic carbocycles. The Morgan fingerprint density at radius 3 is 2.94 bits per heavy atom. The first-order valence-corrected chi connectivity index (χ1v) is 5.51. The molecule has 2 aromatic heterocycles. The van der Waals surface area contributed by atoms with E-state index < -0.39 is 5.82 Å². The number of nitrogens with zero attached hydrogens (tertiary/aromatic N) is 2. The van der Waals surface area contributed by atoms with E-state index in [1.807, 2.05) is 19.9 Å². The fourth-order valence-electron chi connectivity index (χ4n) is 1.57. The highest BCUT2D eigenvalue weighted by Crippen LogP contribution is 2.21. The quantitative estimate of drug-likeness (QED) is 0.885. The Morgan fingerprint density at radius 1 is 1.47 bits per heavy atom. The Hall–Kier alpha value is -1.91. The number of furan rings is 1. The number of aromatic nitrogens is 2. The van der Waals surface area contributed by atoms with Gasteiger partial charge in [0.05, 0.1) is 18.0 Å². The second kappa shape index (κ2) is 4.95. The highest BCUT2D eigenvalue weighted by Gasteiger charge is 2.14. The molecule has 0 aliphatic heterocycles. The van der Waals surface area contributed by atoms with Crippen molar-refractivity contribution in [1.82, 2.24) is 9.97 Å². The van der Waals surface area contributed by atoms with Crippen molar-refractivity contribution < 1.29 is 8.81 Å². The highest BCUT2D eigenvalue weighted by molar-refractivity contribution is 5.39. The van der Waals surface area contributed by atoms with Crippen LogP contribution in [-0.4, -0.2) is 9.97 Å². The zero-order valence-corrected chi connectivity index (χ0v) is 9.77. The standard InChI is InChI=1S/C12H14FN3O/c1-3-9-11(13)12(15-7-14-9)16-8(2)10-5-4-6-17-10/h4-8H,3H2,1-2H3,(H,14,15,16). The van der Waals surface area contributed by atoms with Crippen molar-refractivity contribution in [3.05, 3.63) is 42.0 Å². The molecule has 0 amide bonds. The molecule has 0 aliphatic rings. The van der Waals surface area contributed by atoms with E-state index in [4.69, 9.17) is 4.42 Å². The predicted molar refractivity (Wildman–Crippen MR) is 62.1 cm³/mol. The zero-order valence-electron chi connectivity index (χ0n) is 9.77. The number of halogens is 1. The second-order valence-electron chi connectivity index (χ2n) is 3.72. The first kappa shape index (κ1) is 11.6. The van der Waals surface area contributed by atoms with Crippen LogP contribution in [0.15, 0.2) is 29.1 Å². The van der Waals surface area contributed by atoms with Crippen LogP contribution < -0.4 is 5.32 Å². The summed E-state index contributed by atoms with van der Waals surface area (Å²) in [6.07, 6.45) is 3.48. The number of nitrogens with one attached hydrogen (secondary N) is 1. The van der Waals surface area contributed by atoms with Gasteiger partial charge in [-0.2, -0.15) is 0 Å². The molecule has 0 bridgehead atoms. The van der Waals surface area contributed by atoms with Crippen molar-refractivity contribution in [2.45, 2.75) is 26.3 Å². The third-order valence-electron chi connectivity index (χ3n) is 2.52. The summed E-state index contributed by atoms with van der Waals surface area (Å²) in [6, 6.07) is 3.48.